The van der Waals surface area contributed by atoms with Crippen LogP contribution in [0.2, 0.25) is 0 Å². The van der Waals surface area contributed by atoms with Crippen molar-refractivity contribution in [3.05, 3.63) is 34.5 Å². The number of phenols is 1. The number of nitrogens with zero attached hydrogens (tertiary/aromatic N) is 1. The van der Waals surface area contributed by atoms with E-state index < -0.39 is 10.0 Å². The van der Waals surface area contributed by atoms with Gasteiger partial charge in [-0.15, -0.1) is 0 Å². The standard InChI is InChI=1S/C20H31NO3S/c1-8-21-15(11-12-25(21,23)24)13-14-9-10-16(19(2,3)4)18(22)17(14)20(5,6)7/h9-10,13,22H,8,11-12H2,1-7H3. The van der Waals surface area contributed by atoms with E-state index >= 15 is 0 Å². The Hall–Kier alpha value is -1.49. The molecule has 2 rings (SSSR count). The molecule has 0 aromatic heterocycles. The molecular formula is C20H31NO3S. The average molecular weight is 366 g/mol. The number of rotatable bonds is 2. The molecule has 1 N–H and O–H groups in total. The summed E-state index contributed by atoms with van der Waals surface area (Å²) in [5, 5.41) is 11.0. The van der Waals surface area contributed by atoms with Gasteiger partial charge in [0.15, 0.2) is 0 Å². The van der Waals surface area contributed by atoms with Gasteiger partial charge in [-0.2, -0.15) is 0 Å². The highest BCUT2D eigenvalue weighted by Gasteiger charge is 2.32. The van der Waals surface area contributed by atoms with Gasteiger partial charge >= 0.3 is 0 Å². The van der Waals surface area contributed by atoms with Crippen molar-refractivity contribution in [1.82, 2.24) is 4.31 Å². The summed E-state index contributed by atoms with van der Waals surface area (Å²) in [5.41, 5.74) is 3.05. The van der Waals surface area contributed by atoms with Crippen molar-refractivity contribution in [3.63, 3.8) is 0 Å². The summed E-state index contributed by atoms with van der Waals surface area (Å²) >= 11 is 0. The summed E-state index contributed by atoms with van der Waals surface area (Å²) in [7, 11) is -3.19. The minimum absolute atomic E-state index is 0.156. The van der Waals surface area contributed by atoms with Gasteiger partial charge in [-0.3, -0.25) is 4.31 Å². The van der Waals surface area contributed by atoms with Crippen LogP contribution in [-0.2, 0) is 20.9 Å². The Morgan fingerprint density at radius 1 is 1.12 bits per heavy atom. The molecule has 0 spiro atoms. The number of aromatic hydroxyl groups is 1. The van der Waals surface area contributed by atoms with Crippen LogP contribution in [0.1, 0.15) is 71.6 Å². The lowest BCUT2D eigenvalue weighted by atomic mass is 9.77. The van der Waals surface area contributed by atoms with Crippen LogP contribution in [0.25, 0.3) is 6.08 Å². The van der Waals surface area contributed by atoms with E-state index in [2.05, 4.69) is 41.5 Å². The highest BCUT2D eigenvalue weighted by molar-refractivity contribution is 7.89. The molecule has 1 saturated heterocycles. The summed E-state index contributed by atoms with van der Waals surface area (Å²) in [6.45, 7) is 14.7. The van der Waals surface area contributed by atoms with Crippen LogP contribution >= 0.6 is 0 Å². The maximum Gasteiger partial charge on any atom is 0.235 e. The van der Waals surface area contributed by atoms with Crippen LogP contribution in [0, 0.1) is 0 Å². The summed E-state index contributed by atoms with van der Waals surface area (Å²) in [6.07, 6.45) is 2.45. The Kier molecular flexibility index (Phi) is 5.03. The highest BCUT2D eigenvalue weighted by Crippen LogP contribution is 2.42. The van der Waals surface area contributed by atoms with Crippen LogP contribution in [0.15, 0.2) is 17.8 Å². The smallest absolute Gasteiger partial charge is 0.235 e. The van der Waals surface area contributed by atoms with Crippen molar-refractivity contribution >= 4 is 16.1 Å². The number of allylic oxidation sites excluding steroid dienone is 1. The molecule has 1 aliphatic rings. The largest absolute Gasteiger partial charge is 0.507 e. The quantitative estimate of drug-likeness (QED) is 0.846. The summed E-state index contributed by atoms with van der Waals surface area (Å²) in [6, 6.07) is 3.96. The fraction of sp³-hybridized carbons (Fsp3) is 0.600. The zero-order valence-electron chi connectivity index (χ0n) is 16.5. The lowest BCUT2D eigenvalue weighted by Crippen LogP contribution is -2.24. The number of hydrogen-bond donors (Lipinski definition) is 1. The maximum absolute atomic E-state index is 12.2. The molecule has 1 fully saturated rings. The van der Waals surface area contributed by atoms with Crippen molar-refractivity contribution in [2.24, 2.45) is 0 Å². The van der Waals surface area contributed by atoms with Gasteiger partial charge in [0.1, 0.15) is 5.75 Å². The van der Waals surface area contributed by atoms with Gasteiger partial charge in [-0.25, -0.2) is 8.42 Å². The van der Waals surface area contributed by atoms with Crippen LogP contribution in [-0.4, -0.2) is 30.1 Å². The minimum atomic E-state index is -3.19. The second-order valence-electron chi connectivity index (χ2n) is 8.79. The minimum Gasteiger partial charge on any atom is -0.507 e. The Balaban J connectivity index is 2.67. The Morgan fingerprint density at radius 3 is 2.20 bits per heavy atom. The third-order valence-corrected chi connectivity index (χ3v) is 6.53. The molecule has 1 aromatic rings. The molecule has 1 aliphatic heterocycles. The molecule has 0 bridgehead atoms. The second-order valence-corrected chi connectivity index (χ2v) is 10.8. The monoisotopic (exact) mass is 365 g/mol. The van der Waals surface area contributed by atoms with Crippen molar-refractivity contribution in [2.45, 2.75) is 65.7 Å². The lowest BCUT2D eigenvalue weighted by molar-refractivity contribution is 0.423. The van der Waals surface area contributed by atoms with E-state index in [0.717, 1.165) is 22.4 Å². The van der Waals surface area contributed by atoms with Crippen molar-refractivity contribution in [1.29, 1.82) is 0 Å². The van der Waals surface area contributed by atoms with E-state index in [9.17, 15) is 13.5 Å². The fourth-order valence-electron chi connectivity index (χ4n) is 3.49. The molecule has 5 heteroatoms. The van der Waals surface area contributed by atoms with E-state index in [-0.39, 0.29) is 16.6 Å². The normalized spacial score (nSPS) is 19.6. The van der Waals surface area contributed by atoms with Crippen molar-refractivity contribution in [2.75, 3.05) is 12.3 Å². The molecule has 0 atom stereocenters. The van der Waals surface area contributed by atoms with Crippen LogP contribution in [0.5, 0.6) is 5.75 Å². The first-order chi connectivity index (χ1) is 11.3. The topological polar surface area (TPSA) is 57.6 Å². The van der Waals surface area contributed by atoms with E-state index in [1.165, 1.54) is 4.31 Å². The Bertz CT molecular complexity index is 793. The van der Waals surface area contributed by atoms with Gasteiger partial charge < -0.3 is 5.11 Å². The molecule has 0 unspecified atom stereocenters. The molecule has 140 valence electrons. The second kappa shape index (κ2) is 6.35. The first kappa shape index (κ1) is 19.8. The summed E-state index contributed by atoms with van der Waals surface area (Å²) in [4.78, 5) is 0. The number of benzene rings is 1. The Morgan fingerprint density at radius 2 is 1.72 bits per heavy atom. The third kappa shape index (κ3) is 3.86. The predicted octanol–water partition coefficient (Wildman–Crippen LogP) is 4.38. The van der Waals surface area contributed by atoms with Gasteiger partial charge in [-0.05, 0) is 35.0 Å². The van der Waals surface area contributed by atoms with Gasteiger partial charge in [0, 0.05) is 24.2 Å². The predicted molar refractivity (Wildman–Crippen MR) is 104 cm³/mol. The SMILES string of the molecule is CCN1C(=Cc2ccc(C(C)(C)C)c(O)c2C(C)(C)C)CCS1(=O)=O. The fourth-order valence-corrected chi connectivity index (χ4v) is 5.07. The summed E-state index contributed by atoms with van der Waals surface area (Å²) in [5.74, 6) is 0.474. The third-order valence-electron chi connectivity index (χ3n) is 4.65. The average Bonchev–Trinajstić information content (AvgIpc) is 2.70. The molecule has 0 saturated carbocycles. The molecule has 0 radical (unpaired) electrons. The lowest BCUT2D eigenvalue weighted by Gasteiger charge is -2.29. The Labute approximate surface area is 152 Å². The van der Waals surface area contributed by atoms with Crippen LogP contribution in [0.3, 0.4) is 0 Å². The van der Waals surface area contributed by atoms with Crippen molar-refractivity contribution < 1.29 is 13.5 Å². The zero-order chi connectivity index (χ0) is 19.2. The molecular weight excluding hydrogens is 334 g/mol. The van der Waals surface area contributed by atoms with E-state index in [4.69, 9.17) is 0 Å². The number of sulfonamides is 1. The van der Waals surface area contributed by atoms with E-state index in [1.807, 2.05) is 25.1 Å². The maximum atomic E-state index is 12.2. The molecule has 0 amide bonds. The zero-order valence-corrected chi connectivity index (χ0v) is 17.3. The van der Waals surface area contributed by atoms with Crippen LogP contribution < -0.4 is 0 Å². The molecule has 25 heavy (non-hydrogen) atoms. The molecule has 1 heterocycles. The first-order valence-corrected chi connectivity index (χ1v) is 10.5. The highest BCUT2D eigenvalue weighted by atomic mass is 32.2. The van der Waals surface area contributed by atoms with E-state index in [0.29, 0.717) is 18.7 Å². The van der Waals surface area contributed by atoms with Gasteiger partial charge in [0.05, 0.1) is 5.75 Å². The van der Waals surface area contributed by atoms with Gasteiger partial charge in [0.25, 0.3) is 0 Å². The van der Waals surface area contributed by atoms with Gasteiger partial charge in [0.2, 0.25) is 10.0 Å². The number of hydrogen-bond acceptors (Lipinski definition) is 3. The van der Waals surface area contributed by atoms with E-state index in [1.54, 1.807) is 0 Å². The first-order valence-electron chi connectivity index (χ1n) is 8.87. The van der Waals surface area contributed by atoms with Crippen LogP contribution in [0.4, 0.5) is 0 Å². The molecule has 4 nitrogen and oxygen atoms in total. The van der Waals surface area contributed by atoms with Crippen molar-refractivity contribution in [3.8, 4) is 5.75 Å². The van der Waals surface area contributed by atoms with Gasteiger partial charge in [-0.1, -0.05) is 53.7 Å². The number of phenolic OH excluding ortho intramolecular Hbond substituents is 1. The summed E-state index contributed by atoms with van der Waals surface area (Å²) < 4.78 is 25.8. The molecule has 0 aliphatic carbocycles. The molecule has 1 aromatic carbocycles.